The van der Waals surface area contributed by atoms with Gasteiger partial charge in [-0.25, -0.2) is 4.79 Å². The molecule has 0 aliphatic heterocycles. The lowest BCUT2D eigenvalue weighted by molar-refractivity contribution is -0.461. The molecule has 1 rings (SSSR count). The van der Waals surface area contributed by atoms with Gasteiger partial charge in [0.15, 0.2) is 0 Å². The smallest absolute Gasteiger partial charge is 0.460 e. The Morgan fingerprint density at radius 1 is 0.792 bits per heavy atom. The van der Waals surface area contributed by atoms with Crippen molar-refractivity contribution in [2.45, 2.75) is 73.3 Å². The number of terminal acetylenes is 1. The molecule has 0 radical (unpaired) electrons. The quantitative estimate of drug-likeness (QED) is 0.0486. The summed E-state index contributed by atoms with van der Waals surface area (Å²) in [6.07, 6.45) is -2.10. The van der Waals surface area contributed by atoms with E-state index in [0.717, 1.165) is 18.6 Å². The fourth-order valence-electron chi connectivity index (χ4n) is 3.86. The van der Waals surface area contributed by atoms with Crippen molar-refractivity contribution >= 4 is 23.6 Å². The second-order valence-corrected chi connectivity index (χ2v) is 10.7. The van der Waals surface area contributed by atoms with E-state index in [9.17, 15) is 89.0 Å². The van der Waals surface area contributed by atoms with Gasteiger partial charge < -0.3 is 20.3 Å². The van der Waals surface area contributed by atoms with Crippen molar-refractivity contribution in [2.24, 2.45) is 0 Å². The number of urea groups is 1. The molecule has 1 aromatic carbocycles. The summed E-state index contributed by atoms with van der Waals surface area (Å²) in [5, 5.41) is 4.89. The average Bonchev–Trinajstić information content (AvgIpc) is 3.03. The molecular weight excluding hydrogens is 777 g/mol. The zero-order valence-electron chi connectivity index (χ0n) is 26.3. The molecule has 3 amide bonds. The molecule has 24 heteroatoms. The van der Waals surface area contributed by atoms with E-state index in [4.69, 9.17) is 6.42 Å². The van der Waals surface area contributed by atoms with E-state index in [1.165, 1.54) is 12.1 Å². The normalized spacial score (nSPS) is 13.5. The Morgan fingerprint density at radius 2 is 1.32 bits per heavy atom. The van der Waals surface area contributed by atoms with E-state index >= 15 is 0 Å². The number of halogens is 17. The first-order valence-corrected chi connectivity index (χ1v) is 14.3. The van der Waals surface area contributed by atoms with Crippen LogP contribution in [-0.2, 0) is 9.53 Å². The lowest BCUT2D eigenvalue weighted by atomic mass is 9.88. The van der Waals surface area contributed by atoms with Crippen LogP contribution in [0.1, 0.15) is 36.0 Å². The van der Waals surface area contributed by atoms with Crippen molar-refractivity contribution in [3.8, 4) is 12.3 Å². The highest BCUT2D eigenvalue weighted by Crippen LogP contribution is 2.64. The number of alkyl halides is 17. The molecule has 300 valence electrons. The summed E-state index contributed by atoms with van der Waals surface area (Å²) < 4.78 is 232. The number of rotatable bonds is 19. The number of ether oxygens (including phenoxy) is 1. The molecule has 0 heterocycles. The van der Waals surface area contributed by atoms with E-state index < -0.39 is 91.7 Å². The van der Waals surface area contributed by atoms with Gasteiger partial charge in [0.25, 0.3) is 5.91 Å². The molecule has 0 aliphatic rings. The van der Waals surface area contributed by atoms with Gasteiger partial charge in [-0.15, -0.1) is 13.0 Å². The number of carbonyl (C=O) groups is 3. The molecule has 0 saturated heterocycles. The molecule has 0 aromatic heterocycles. The summed E-state index contributed by atoms with van der Waals surface area (Å²) in [6.45, 7) is -0.482. The minimum Gasteiger partial charge on any atom is -0.464 e. The monoisotopic (exact) mass is 803 g/mol. The number of carbonyl (C=O) groups excluding carboxylic acids is 3. The third-order valence-electron chi connectivity index (χ3n) is 6.84. The fraction of sp³-hybridized carbons (Fsp3) is 0.552. The first-order chi connectivity index (χ1) is 23.9. The Kier molecular flexibility index (Phi) is 14.7. The van der Waals surface area contributed by atoms with Crippen molar-refractivity contribution in [1.29, 1.82) is 0 Å². The molecule has 0 bridgehead atoms. The van der Waals surface area contributed by atoms with Crippen LogP contribution < -0.4 is 10.6 Å². The van der Waals surface area contributed by atoms with Crippen molar-refractivity contribution in [2.75, 3.05) is 31.6 Å². The van der Waals surface area contributed by atoms with Crippen LogP contribution in [0.3, 0.4) is 0 Å². The van der Waals surface area contributed by atoms with Crippen LogP contribution in [0.2, 0.25) is 0 Å². The number of unbranched alkanes of at least 4 members (excludes halogenated alkanes) is 2. The van der Waals surface area contributed by atoms with Gasteiger partial charge in [-0.1, -0.05) is 18.1 Å². The van der Waals surface area contributed by atoms with Crippen LogP contribution in [0, 0.1) is 12.3 Å². The number of hydrogen-bond acceptors (Lipinski definition) is 4. The van der Waals surface area contributed by atoms with Crippen LogP contribution in [-0.4, -0.2) is 96.7 Å². The van der Waals surface area contributed by atoms with Crippen molar-refractivity contribution < 1.29 is 93.8 Å². The number of nitrogens with zero attached hydrogens (tertiary/aromatic N) is 1. The highest BCUT2D eigenvalue weighted by Gasteiger charge is 2.95. The predicted molar refractivity (Wildman–Crippen MR) is 149 cm³/mol. The van der Waals surface area contributed by atoms with E-state index in [1.54, 1.807) is 6.08 Å². The first-order valence-electron chi connectivity index (χ1n) is 14.3. The van der Waals surface area contributed by atoms with E-state index in [0.29, 0.717) is 17.7 Å². The van der Waals surface area contributed by atoms with Gasteiger partial charge >= 0.3 is 59.6 Å². The Bertz CT molecular complexity index is 1510. The number of amides is 3. The molecule has 0 saturated carbocycles. The number of anilines is 1. The molecule has 7 nitrogen and oxygen atoms in total. The van der Waals surface area contributed by atoms with Crippen LogP contribution in [0.4, 0.5) is 85.1 Å². The van der Waals surface area contributed by atoms with E-state index in [-0.39, 0.29) is 17.8 Å². The van der Waals surface area contributed by atoms with Crippen molar-refractivity contribution in [3.63, 3.8) is 0 Å². The lowest BCUT2D eigenvalue weighted by Crippen LogP contribution is -2.74. The second kappa shape index (κ2) is 16.7. The van der Waals surface area contributed by atoms with Crippen LogP contribution in [0.5, 0.6) is 0 Å². The first kappa shape index (κ1) is 46.6. The van der Waals surface area contributed by atoms with Gasteiger partial charge in [-0.3, -0.25) is 9.59 Å². The summed E-state index contributed by atoms with van der Waals surface area (Å²) in [7, 11) is 0. The third-order valence-corrected chi connectivity index (χ3v) is 6.84. The number of hydrogen-bond donors (Lipinski definition) is 2. The molecule has 0 atom stereocenters. The molecule has 0 fully saturated rings. The zero-order valence-corrected chi connectivity index (χ0v) is 26.3. The fourth-order valence-corrected chi connectivity index (χ4v) is 3.86. The Labute approximate surface area is 287 Å². The molecular formula is C29H26F17N3O4. The minimum absolute atomic E-state index is 0.0174. The zero-order chi connectivity index (χ0) is 41.5. The summed E-state index contributed by atoms with van der Waals surface area (Å²) >= 11 is 0. The maximum atomic E-state index is 14.1. The summed E-state index contributed by atoms with van der Waals surface area (Å²) in [5.41, 5.74) is -0.273. The predicted octanol–water partition coefficient (Wildman–Crippen LogP) is 8.18. The van der Waals surface area contributed by atoms with Crippen LogP contribution >= 0.6 is 0 Å². The summed E-state index contributed by atoms with van der Waals surface area (Å²) in [6, 6.07) is 4.04. The maximum absolute atomic E-state index is 14.1. The van der Waals surface area contributed by atoms with Crippen LogP contribution in [0.25, 0.3) is 0 Å². The highest BCUT2D eigenvalue weighted by molar-refractivity contribution is 5.98. The van der Waals surface area contributed by atoms with Crippen molar-refractivity contribution in [1.82, 2.24) is 10.2 Å². The summed E-state index contributed by atoms with van der Waals surface area (Å²) in [5.74, 6) is -58.7. The lowest BCUT2D eigenvalue weighted by Gasteiger charge is -2.42. The molecule has 53 heavy (non-hydrogen) atoms. The average molecular weight is 804 g/mol. The second-order valence-electron chi connectivity index (χ2n) is 10.7. The summed E-state index contributed by atoms with van der Waals surface area (Å²) in [4.78, 5) is 37.6. The Balaban J connectivity index is 3.08. The minimum atomic E-state index is -8.77. The molecule has 2 N–H and O–H groups in total. The van der Waals surface area contributed by atoms with Crippen molar-refractivity contribution in [3.05, 3.63) is 42.5 Å². The number of nitrogens with one attached hydrogen (secondary N) is 2. The molecule has 1 aromatic rings. The number of benzene rings is 1. The highest BCUT2D eigenvalue weighted by atomic mass is 19.4. The molecule has 0 spiro atoms. The standard InChI is InChI=1S/C29H26F17N3O4/c1-3-5-6-7-12-47-21(52)48-18-10-8-9-17(15-18)20(51)49(13-4-2)16-19(50)53-14-11-22(30,31)23(32,33)24(34,35)25(36,37)26(38,39)27(40,41)28(42,43)29(44,45)46/h2-3,8-10,15H,1,5-7,11-14,16H2,(H2,47,48,52). The largest absolute Gasteiger partial charge is 0.464 e. The van der Waals surface area contributed by atoms with E-state index in [2.05, 4.69) is 21.9 Å². The molecule has 0 aliphatic carbocycles. The number of esters is 1. The SMILES string of the molecule is C#CCN(CC(=O)OCCC(F)(F)C(F)(F)C(F)(F)C(F)(F)C(F)(F)C(F)(F)C(F)(F)C(F)(F)F)C(=O)c1cccc(NC(=O)NCCCCC=C)c1. The van der Waals surface area contributed by atoms with Gasteiger partial charge in [0, 0.05) is 17.8 Å². The van der Waals surface area contributed by atoms with E-state index in [1.807, 2.05) is 5.92 Å². The number of allylic oxidation sites excluding steroid dienone is 1. The van der Waals surface area contributed by atoms with Gasteiger partial charge in [-0.2, -0.15) is 74.6 Å². The molecule has 0 unspecified atom stereocenters. The Hall–Kier alpha value is -4.46. The van der Waals surface area contributed by atoms with Gasteiger partial charge in [0.2, 0.25) is 0 Å². The van der Waals surface area contributed by atoms with Gasteiger partial charge in [-0.05, 0) is 37.5 Å². The third kappa shape index (κ3) is 9.56. The van der Waals surface area contributed by atoms with Gasteiger partial charge in [0.1, 0.15) is 6.54 Å². The maximum Gasteiger partial charge on any atom is 0.460 e. The Morgan fingerprint density at radius 3 is 1.83 bits per heavy atom. The van der Waals surface area contributed by atoms with Gasteiger partial charge in [0.05, 0.1) is 19.6 Å². The topological polar surface area (TPSA) is 87.7 Å². The van der Waals surface area contributed by atoms with Crippen LogP contribution in [0.15, 0.2) is 36.9 Å².